The van der Waals surface area contributed by atoms with Crippen molar-refractivity contribution >= 4 is 29.0 Å². The Labute approximate surface area is 138 Å². The minimum atomic E-state index is 0.187. The number of methoxy groups -OCH3 is 1. The summed E-state index contributed by atoms with van der Waals surface area (Å²) in [5.41, 5.74) is 1.91. The van der Waals surface area contributed by atoms with Crippen molar-refractivity contribution in [3.63, 3.8) is 0 Å². The van der Waals surface area contributed by atoms with Crippen molar-refractivity contribution in [2.75, 3.05) is 31.7 Å². The Hall–Kier alpha value is -1.53. The van der Waals surface area contributed by atoms with E-state index in [2.05, 4.69) is 4.98 Å². The topological polar surface area (TPSA) is 42.4 Å². The fourth-order valence-corrected chi connectivity index (χ4v) is 4.06. The molecule has 1 aromatic carbocycles. The van der Waals surface area contributed by atoms with E-state index in [0.29, 0.717) is 6.42 Å². The van der Waals surface area contributed by atoms with Crippen LogP contribution in [0.25, 0.3) is 10.6 Å². The van der Waals surface area contributed by atoms with Gasteiger partial charge in [-0.15, -0.1) is 11.3 Å². The lowest BCUT2D eigenvalue weighted by Gasteiger charge is -2.26. The van der Waals surface area contributed by atoms with Crippen molar-refractivity contribution in [2.24, 2.45) is 0 Å². The van der Waals surface area contributed by atoms with Gasteiger partial charge in [0.2, 0.25) is 5.91 Å². The SMILES string of the molecule is COc1ccc(-c2nc(CC(=O)N3CCSCC3)cs2)cc1. The molecule has 1 aliphatic rings. The molecule has 6 heteroatoms. The summed E-state index contributed by atoms with van der Waals surface area (Å²) < 4.78 is 5.16. The van der Waals surface area contributed by atoms with E-state index in [1.807, 2.05) is 46.3 Å². The number of carbonyl (C=O) groups is 1. The van der Waals surface area contributed by atoms with Gasteiger partial charge in [-0.3, -0.25) is 4.79 Å². The second-order valence-corrected chi connectivity index (χ2v) is 7.13. The average Bonchev–Trinajstić information content (AvgIpc) is 3.04. The molecule has 2 aromatic rings. The summed E-state index contributed by atoms with van der Waals surface area (Å²) in [7, 11) is 1.65. The fraction of sp³-hybridized carbons (Fsp3) is 0.375. The molecule has 0 spiro atoms. The van der Waals surface area contributed by atoms with E-state index in [4.69, 9.17) is 4.74 Å². The molecule has 22 heavy (non-hydrogen) atoms. The molecule has 1 aliphatic heterocycles. The first-order chi connectivity index (χ1) is 10.8. The van der Waals surface area contributed by atoms with E-state index >= 15 is 0 Å². The number of amides is 1. The predicted octanol–water partition coefficient (Wildman–Crippen LogP) is 2.94. The van der Waals surface area contributed by atoms with Crippen molar-refractivity contribution in [3.8, 4) is 16.3 Å². The van der Waals surface area contributed by atoms with Crippen LogP contribution in [0.2, 0.25) is 0 Å². The van der Waals surface area contributed by atoms with Gasteiger partial charge in [0.05, 0.1) is 19.2 Å². The maximum Gasteiger partial charge on any atom is 0.228 e. The van der Waals surface area contributed by atoms with Gasteiger partial charge in [0, 0.05) is 35.5 Å². The zero-order chi connectivity index (χ0) is 15.4. The number of hydrogen-bond donors (Lipinski definition) is 0. The molecule has 0 atom stereocenters. The first-order valence-electron chi connectivity index (χ1n) is 7.20. The molecule has 3 rings (SSSR count). The summed E-state index contributed by atoms with van der Waals surface area (Å²) in [5, 5.41) is 2.93. The number of benzene rings is 1. The molecule has 2 heterocycles. The lowest BCUT2D eigenvalue weighted by molar-refractivity contribution is -0.130. The van der Waals surface area contributed by atoms with Crippen molar-refractivity contribution in [2.45, 2.75) is 6.42 Å². The molecular weight excluding hydrogens is 316 g/mol. The van der Waals surface area contributed by atoms with Gasteiger partial charge in [0.25, 0.3) is 0 Å². The summed E-state index contributed by atoms with van der Waals surface area (Å²) in [4.78, 5) is 18.8. The molecule has 116 valence electrons. The third-order valence-electron chi connectivity index (χ3n) is 3.58. The highest BCUT2D eigenvalue weighted by molar-refractivity contribution is 7.99. The summed E-state index contributed by atoms with van der Waals surface area (Å²) in [5.74, 6) is 3.10. The summed E-state index contributed by atoms with van der Waals surface area (Å²) >= 11 is 3.49. The van der Waals surface area contributed by atoms with E-state index in [9.17, 15) is 4.79 Å². The number of carbonyl (C=O) groups excluding carboxylic acids is 1. The van der Waals surface area contributed by atoms with Crippen LogP contribution in [0.4, 0.5) is 0 Å². The number of ether oxygens (including phenoxy) is 1. The quantitative estimate of drug-likeness (QED) is 0.862. The lowest BCUT2D eigenvalue weighted by Crippen LogP contribution is -2.38. The van der Waals surface area contributed by atoms with E-state index in [-0.39, 0.29) is 5.91 Å². The number of rotatable bonds is 4. The van der Waals surface area contributed by atoms with Gasteiger partial charge in [-0.2, -0.15) is 11.8 Å². The first kappa shape index (κ1) is 15.4. The smallest absolute Gasteiger partial charge is 0.228 e. The highest BCUT2D eigenvalue weighted by Crippen LogP contribution is 2.26. The predicted molar refractivity (Wildman–Crippen MR) is 91.7 cm³/mol. The molecule has 0 aliphatic carbocycles. The first-order valence-corrected chi connectivity index (χ1v) is 9.24. The molecular formula is C16H18N2O2S2. The zero-order valence-corrected chi connectivity index (χ0v) is 14.1. The minimum Gasteiger partial charge on any atom is -0.497 e. The second kappa shape index (κ2) is 7.15. The molecule has 0 radical (unpaired) electrons. The van der Waals surface area contributed by atoms with Crippen LogP contribution in [0.1, 0.15) is 5.69 Å². The Morgan fingerprint density at radius 1 is 1.27 bits per heavy atom. The van der Waals surface area contributed by atoms with Crippen LogP contribution in [0.15, 0.2) is 29.6 Å². The largest absolute Gasteiger partial charge is 0.497 e. The number of thiazole rings is 1. The maximum atomic E-state index is 12.3. The van der Waals surface area contributed by atoms with Crippen LogP contribution in [0.5, 0.6) is 5.75 Å². The van der Waals surface area contributed by atoms with Crippen molar-refractivity contribution in [3.05, 3.63) is 35.3 Å². The average molecular weight is 334 g/mol. The highest BCUT2D eigenvalue weighted by Gasteiger charge is 2.18. The van der Waals surface area contributed by atoms with Crippen molar-refractivity contribution in [1.29, 1.82) is 0 Å². The van der Waals surface area contributed by atoms with Gasteiger partial charge in [-0.1, -0.05) is 0 Å². The Kier molecular flexibility index (Phi) is 5.00. The molecule has 0 bridgehead atoms. The minimum absolute atomic E-state index is 0.187. The normalized spacial score (nSPS) is 14.9. The number of hydrogen-bond acceptors (Lipinski definition) is 5. The Morgan fingerprint density at radius 3 is 2.68 bits per heavy atom. The maximum absolute atomic E-state index is 12.3. The highest BCUT2D eigenvalue weighted by atomic mass is 32.2. The van der Waals surface area contributed by atoms with Crippen molar-refractivity contribution in [1.82, 2.24) is 9.88 Å². The standard InChI is InChI=1S/C16H18N2O2S2/c1-20-14-4-2-12(3-5-14)16-17-13(11-22-16)10-15(19)18-6-8-21-9-7-18/h2-5,11H,6-10H2,1H3. The fourth-order valence-electron chi connectivity index (χ4n) is 2.33. The summed E-state index contributed by atoms with van der Waals surface area (Å²) in [6, 6.07) is 7.83. The van der Waals surface area contributed by atoms with Crippen molar-refractivity contribution < 1.29 is 9.53 Å². The van der Waals surface area contributed by atoms with Gasteiger partial charge < -0.3 is 9.64 Å². The molecule has 1 saturated heterocycles. The monoisotopic (exact) mass is 334 g/mol. The Morgan fingerprint density at radius 2 is 2.00 bits per heavy atom. The Balaban J connectivity index is 1.66. The number of thioether (sulfide) groups is 1. The van der Waals surface area contributed by atoms with Gasteiger partial charge in [-0.25, -0.2) is 4.98 Å². The molecule has 1 fully saturated rings. The van der Waals surface area contributed by atoms with Gasteiger partial charge in [0.1, 0.15) is 10.8 Å². The van der Waals surface area contributed by atoms with E-state index < -0.39 is 0 Å². The summed E-state index contributed by atoms with van der Waals surface area (Å²) in [6.07, 6.45) is 0.400. The zero-order valence-electron chi connectivity index (χ0n) is 12.4. The van der Waals surface area contributed by atoms with Gasteiger partial charge >= 0.3 is 0 Å². The molecule has 1 amide bonds. The third-order valence-corrected chi connectivity index (χ3v) is 5.47. The van der Waals surface area contributed by atoms with Gasteiger partial charge in [0.15, 0.2) is 0 Å². The van der Waals surface area contributed by atoms with E-state index in [0.717, 1.165) is 46.6 Å². The van der Waals surface area contributed by atoms with Crippen LogP contribution in [0.3, 0.4) is 0 Å². The Bertz CT molecular complexity index is 634. The number of aromatic nitrogens is 1. The van der Waals surface area contributed by atoms with Crippen LogP contribution in [-0.2, 0) is 11.2 Å². The van der Waals surface area contributed by atoms with E-state index in [1.165, 1.54) is 0 Å². The van der Waals surface area contributed by atoms with Crippen LogP contribution >= 0.6 is 23.1 Å². The van der Waals surface area contributed by atoms with Crippen LogP contribution < -0.4 is 4.74 Å². The van der Waals surface area contributed by atoms with E-state index in [1.54, 1.807) is 18.4 Å². The van der Waals surface area contributed by atoms with Crippen LogP contribution in [0, 0.1) is 0 Å². The molecule has 0 saturated carbocycles. The number of nitrogens with zero attached hydrogens (tertiary/aromatic N) is 2. The lowest BCUT2D eigenvalue weighted by atomic mass is 10.2. The van der Waals surface area contributed by atoms with Gasteiger partial charge in [-0.05, 0) is 24.3 Å². The molecule has 0 unspecified atom stereocenters. The molecule has 1 aromatic heterocycles. The van der Waals surface area contributed by atoms with Crippen LogP contribution in [-0.4, -0.2) is 47.5 Å². The summed E-state index contributed by atoms with van der Waals surface area (Å²) in [6.45, 7) is 1.72. The second-order valence-electron chi connectivity index (χ2n) is 5.04. The molecule has 0 N–H and O–H groups in total. The third kappa shape index (κ3) is 3.62. The molecule has 4 nitrogen and oxygen atoms in total.